The molecule has 0 saturated carbocycles. The largest absolute Gasteiger partial charge is 0.343 e. The number of amides is 2. The Kier molecular flexibility index (Phi) is 9.29. The highest BCUT2D eigenvalue weighted by Crippen LogP contribution is 2.17. The van der Waals surface area contributed by atoms with Gasteiger partial charge in [0.1, 0.15) is 5.92 Å². The number of carbonyl (C=O) groups is 2. The first-order valence-corrected chi connectivity index (χ1v) is 12.0. The fourth-order valence-electron chi connectivity index (χ4n) is 3.20. The third-order valence-electron chi connectivity index (χ3n) is 5.04. The fraction of sp³-hybridized carbons (Fsp3) is 0.304. The number of hydrogen-bond acceptors (Lipinski definition) is 6. The normalized spacial score (nSPS) is 12.3. The van der Waals surface area contributed by atoms with Gasteiger partial charge >= 0.3 is 0 Å². The van der Waals surface area contributed by atoms with Crippen molar-refractivity contribution in [1.29, 1.82) is 0 Å². The number of benzene rings is 2. The minimum Gasteiger partial charge on any atom is -0.343 e. The Hall–Kier alpha value is -3.53. The SMILES string of the molecule is CCN(CC)C(=O)C(CCc1ccc([N+](=O)[O-])cc1)C(=O)NS(=O)(=O)/C=C/c1ccccc1. The average molecular weight is 474 g/mol. The third-order valence-corrected chi connectivity index (χ3v) is 6.02. The summed E-state index contributed by atoms with van der Waals surface area (Å²) >= 11 is 0. The molecule has 1 N–H and O–H groups in total. The molecule has 176 valence electrons. The minimum atomic E-state index is -4.12. The lowest BCUT2D eigenvalue weighted by Gasteiger charge is -2.24. The molecule has 33 heavy (non-hydrogen) atoms. The smallest absolute Gasteiger partial charge is 0.269 e. The Labute approximate surface area is 193 Å². The maximum absolute atomic E-state index is 12.9. The summed E-state index contributed by atoms with van der Waals surface area (Å²) in [5, 5.41) is 11.7. The Morgan fingerprint density at radius 1 is 1.06 bits per heavy atom. The van der Waals surface area contributed by atoms with Crippen LogP contribution in [0.5, 0.6) is 0 Å². The molecule has 0 fully saturated rings. The van der Waals surface area contributed by atoms with Crippen LogP contribution in [-0.4, -0.2) is 43.1 Å². The molecule has 0 heterocycles. The highest BCUT2D eigenvalue weighted by atomic mass is 32.2. The van der Waals surface area contributed by atoms with Crippen LogP contribution >= 0.6 is 0 Å². The van der Waals surface area contributed by atoms with Crippen LogP contribution in [0.1, 0.15) is 31.4 Å². The Bertz CT molecular complexity index is 1090. The average Bonchev–Trinajstić information content (AvgIpc) is 2.79. The molecule has 0 aromatic heterocycles. The van der Waals surface area contributed by atoms with E-state index in [4.69, 9.17) is 0 Å². The molecule has 0 aliphatic heterocycles. The molecule has 2 rings (SSSR count). The number of carbonyl (C=O) groups excluding carboxylic acids is 2. The molecular formula is C23H27N3O6S. The van der Waals surface area contributed by atoms with Gasteiger partial charge in [0.25, 0.3) is 15.7 Å². The zero-order chi connectivity index (χ0) is 24.4. The summed E-state index contributed by atoms with van der Waals surface area (Å²) in [5.74, 6) is -2.60. The first-order valence-electron chi connectivity index (χ1n) is 10.5. The van der Waals surface area contributed by atoms with Gasteiger partial charge in [-0.3, -0.25) is 19.7 Å². The van der Waals surface area contributed by atoms with Crippen LogP contribution in [-0.2, 0) is 26.0 Å². The van der Waals surface area contributed by atoms with Crippen LogP contribution in [0.4, 0.5) is 5.69 Å². The Morgan fingerprint density at radius 3 is 2.21 bits per heavy atom. The van der Waals surface area contributed by atoms with Crippen LogP contribution in [0.25, 0.3) is 6.08 Å². The van der Waals surface area contributed by atoms with Gasteiger partial charge in [-0.05, 0) is 43.9 Å². The van der Waals surface area contributed by atoms with Crippen molar-refractivity contribution >= 4 is 33.6 Å². The maximum atomic E-state index is 12.9. The van der Waals surface area contributed by atoms with Crippen molar-refractivity contribution in [3.63, 3.8) is 0 Å². The molecule has 0 bridgehead atoms. The molecule has 2 aromatic carbocycles. The van der Waals surface area contributed by atoms with Gasteiger partial charge in [0.2, 0.25) is 11.8 Å². The summed E-state index contributed by atoms with van der Waals surface area (Å²) in [6.45, 7) is 4.28. The molecule has 0 radical (unpaired) electrons. The van der Waals surface area contributed by atoms with E-state index in [1.54, 1.807) is 56.3 Å². The monoisotopic (exact) mass is 473 g/mol. The lowest BCUT2D eigenvalue weighted by atomic mass is 9.97. The fourth-order valence-corrected chi connectivity index (χ4v) is 4.02. The van der Waals surface area contributed by atoms with Crippen molar-refractivity contribution in [1.82, 2.24) is 9.62 Å². The van der Waals surface area contributed by atoms with Gasteiger partial charge in [-0.2, -0.15) is 0 Å². The van der Waals surface area contributed by atoms with E-state index in [2.05, 4.69) is 0 Å². The van der Waals surface area contributed by atoms with Crippen molar-refractivity contribution in [2.75, 3.05) is 13.1 Å². The number of nitrogens with one attached hydrogen (secondary N) is 1. The van der Waals surface area contributed by atoms with Crippen LogP contribution in [0.3, 0.4) is 0 Å². The summed E-state index contributed by atoms with van der Waals surface area (Å²) < 4.78 is 26.8. The predicted octanol–water partition coefficient (Wildman–Crippen LogP) is 3.13. The summed E-state index contributed by atoms with van der Waals surface area (Å²) in [4.78, 5) is 37.6. The van der Waals surface area contributed by atoms with E-state index in [1.807, 2.05) is 4.72 Å². The van der Waals surface area contributed by atoms with E-state index in [0.29, 0.717) is 24.2 Å². The second kappa shape index (κ2) is 11.9. The quantitative estimate of drug-likeness (QED) is 0.303. The topological polar surface area (TPSA) is 127 Å². The molecule has 10 heteroatoms. The first-order chi connectivity index (χ1) is 15.7. The van der Waals surface area contributed by atoms with E-state index < -0.39 is 32.7 Å². The van der Waals surface area contributed by atoms with Crippen LogP contribution in [0.15, 0.2) is 60.0 Å². The van der Waals surface area contributed by atoms with Gasteiger partial charge in [0.05, 0.1) is 10.3 Å². The second-order valence-corrected chi connectivity index (χ2v) is 8.82. The number of sulfonamides is 1. The Morgan fingerprint density at radius 2 is 1.67 bits per heavy atom. The van der Waals surface area contributed by atoms with Crippen LogP contribution in [0, 0.1) is 16.0 Å². The molecule has 0 spiro atoms. The van der Waals surface area contributed by atoms with Crippen LogP contribution < -0.4 is 4.72 Å². The zero-order valence-corrected chi connectivity index (χ0v) is 19.3. The number of hydrogen-bond donors (Lipinski definition) is 1. The number of rotatable bonds is 11. The summed E-state index contributed by atoms with van der Waals surface area (Å²) in [5.41, 5.74) is 1.27. The van der Waals surface area contributed by atoms with E-state index in [0.717, 1.165) is 5.41 Å². The maximum Gasteiger partial charge on any atom is 0.269 e. The van der Waals surface area contributed by atoms with Gasteiger partial charge < -0.3 is 4.90 Å². The number of nitro benzene ring substituents is 1. The van der Waals surface area contributed by atoms with E-state index in [1.165, 1.54) is 23.1 Å². The molecular weight excluding hydrogens is 446 g/mol. The van der Waals surface area contributed by atoms with E-state index >= 15 is 0 Å². The molecule has 0 aliphatic carbocycles. The van der Waals surface area contributed by atoms with Gasteiger partial charge in [0, 0.05) is 25.2 Å². The molecule has 0 aliphatic rings. The second-order valence-electron chi connectivity index (χ2n) is 7.25. The number of non-ortho nitro benzene ring substituents is 1. The third kappa shape index (κ3) is 7.83. The van der Waals surface area contributed by atoms with Gasteiger partial charge in [-0.1, -0.05) is 42.5 Å². The Balaban J connectivity index is 2.17. The van der Waals surface area contributed by atoms with Crippen molar-refractivity contribution < 1.29 is 22.9 Å². The molecule has 0 saturated heterocycles. The first kappa shape index (κ1) is 25.7. The van der Waals surface area contributed by atoms with Crippen molar-refractivity contribution in [2.45, 2.75) is 26.7 Å². The van der Waals surface area contributed by atoms with Gasteiger partial charge in [-0.25, -0.2) is 13.1 Å². The standard InChI is InChI=1S/C23H27N3O6S/c1-3-25(4-2)23(28)21(15-12-19-10-13-20(14-11-19)26(29)30)22(27)24-33(31,32)17-16-18-8-6-5-7-9-18/h5-11,13-14,16-17,21H,3-4,12,15H2,1-2H3,(H,24,27)/b17-16+. The summed E-state index contributed by atoms with van der Waals surface area (Å²) in [6.07, 6.45) is 1.67. The molecule has 2 aromatic rings. The molecule has 9 nitrogen and oxygen atoms in total. The lowest BCUT2D eigenvalue weighted by Crippen LogP contribution is -2.45. The van der Waals surface area contributed by atoms with Gasteiger partial charge in [0.15, 0.2) is 0 Å². The number of nitrogens with zero attached hydrogens (tertiary/aromatic N) is 2. The number of aryl methyl sites for hydroxylation is 1. The summed E-state index contributed by atoms with van der Waals surface area (Å²) in [6, 6.07) is 14.5. The van der Waals surface area contributed by atoms with Crippen molar-refractivity contribution in [2.24, 2.45) is 5.92 Å². The van der Waals surface area contributed by atoms with Crippen molar-refractivity contribution in [3.8, 4) is 0 Å². The summed E-state index contributed by atoms with van der Waals surface area (Å²) in [7, 11) is -4.12. The highest BCUT2D eigenvalue weighted by Gasteiger charge is 2.31. The highest BCUT2D eigenvalue weighted by molar-refractivity contribution is 7.93. The molecule has 2 amide bonds. The zero-order valence-electron chi connectivity index (χ0n) is 18.5. The molecule has 1 unspecified atom stereocenters. The molecule has 1 atom stereocenters. The predicted molar refractivity (Wildman–Crippen MR) is 125 cm³/mol. The van der Waals surface area contributed by atoms with E-state index in [9.17, 15) is 28.1 Å². The van der Waals surface area contributed by atoms with Crippen LogP contribution in [0.2, 0.25) is 0 Å². The van der Waals surface area contributed by atoms with E-state index in [-0.39, 0.29) is 18.5 Å². The lowest BCUT2D eigenvalue weighted by molar-refractivity contribution is -0.384. The minimum absolute atomic E-state index is 0.0525. The van der Waals surface area contributed by atoms with Crippen molar-refractivity contribution in [3.05, 3.63) is 81.2 Å². The van der Waals surface area contributed by atoms with Gasteiger partial charge in [-0.15, -0.1) is 0 Å². The number of nitro groups is 1.